The molecule has 0 aliphatic carbocycles. The van der Waals surface area contributed by atoms with E-state index in [2.05, 4.69) is 4.98 Å². The van der Waals surface area contributed by atoms with Gasteiger partial charge in [-0.05, 0) is 36.8 Å². The molecule has 0 bridgehead atoms. The molecule has 0 aliphatic rings. The van der Waals surface area contributed by atoms with Gasteiger partial charge in [0, 0.05) is 28.4 Å². The van der Waals surface area contributed by atoms with Crippen LogP contribution in [-0.4, -0.2) is 14.3 Å². The molecule has 1 aromatic carbocycles. The summed E-state index contributed by atoms with van der Waals surface area (Å²) in [6.07, 6.45) is 3.66. The smallest absolute Gasteiger partial charge is 0.267 e. The van der Waals surface area contributed by atoms with Crippen LogP contribution in [0, 0.1) is 6.92 Å². The Morgan fingerprint density at radius 1 is 1.13 bits per heavy atom. The van der Waals surface area contributed by atoms with Crippen molar-refractivity contribution in [2.24, 2.45) is 0 Å². The number of benzene rings is 1. The van der Waals surface area contributed by atoms with Crippen molar-refractivity contribution < 1.29 is 0 Å². The van der Waals surface area contributed by atoms with Gasteiger partial charge < -0.3 is 0 Å². The van der Waals surface area contributed by atoms with Crippen LogP contribution in [0.5, 0.6) is 0 Å². The second kappa shape index (κ2) is 5.37. The van der Waals surface area contributed by atoms with Gasteiger partial charge in [0.05, 0.1) is 5.39 Å². The second-order valence-corrected chi connectivity index (χ2v) is 6.47. The first-order valence-corrected chi connectivity index (χ1v) is 8.31. The fourth-order valence-corrected chi connectivity index (χ4v) is 3.77. The van der Waals surface area contributed by atoms with Gasteiger partial charge >= 0.3 is 0 Å². The molecule has 3 heterocycles. The zero-order valence-electron chi connectivity index (χ0n) is 12.2. The Bertz CT molecular complexity index is 1050. The Labute approximate surface area is 141 Å². The van der Waals surface area contributed by atoms with E-state index in [1.807, 2.05) is 61.1 Å². The molecular weight excluding hydrogens is 330 g/mol. The monoisotopic (exact) mass is 341 g/mol. The van der Waals surface area contributed by atoms with E-state index < -0.39 is 0 Å². The molecule has 0 fully saturated rings. The molecule has 4 rings (SSSR count). The Morgan fingerprint density at radius 2 is 1.83 bits per heavy atom. The zero-order chi connectivity index (χ0) is 16.0. The highest BCUT2D eigenvalue weighted by Crippen LogP contribution is 2.31. The van der Waals surface area contributed by atoms with Gasteiger partial charge in [-0.25, -0.2) is 4.98 Å². The van der Waals surface area contributed by atoms with Crippen LogP contribution in [0.4, 0.5) is 0 Å². The standard InChI is InChI=1S/C17H12ClN3OS/c1-11-19-16-15(17(22)21(11)20-8-2-3-9-20)14(10-23-16)12-4-6-13(18)7-5-12/h2-10H,1H3. The summed E-state index contributed by atoms with van der Waals surface area (Å²) in [5, 5.41) is 3.28. The summed E-state index contributed by atoms with van der Waals surface area (Å²) in [6, 6.07) is 11.2. The lowest BCUT2D eigenvalue weighted by atomic mass is 10.1. The van der Waals surface area contributed by atoms with E-state index in [0.717, 1.165) is 16.0 Å². The first-order valence-electron chi connectivity index (χ1n) is 7.05. The van der Waals surface area contributed by atoms with Crippen LogP contribution in [-0.2, 0) is 0 Å². The number of nitrogens with zero attached hydrogens (tertiary/aromatic N) is 3. The van der Waals surface area contributed by atoms with Crippen molar-refractivity contribution in [1.82, 2.24) is 14.3 Å². The Kier molecular flexibility index (Phi) is 3.32. The van der Waals surface area contributed by atoms with Crippen LogP contribution >= 0.6 is 22.9 Å². The highest BCUT2D eigenvalue weighted by Gasteiger charge is 2.16. The number of aryl methyl sites for hydroxylation is 1. The van der Waals surface area contributed by atoms with Gasteiger partial charge in [0.25, 0.3) is 5.56 Å². The molecule has 4 aromatic rings. The summed E-state index contributed by atoms with van der Waals surface area (Å²) < 4.78 is 3.32. The predicted molar refractivity (Wildman–Crippen MR) is 94.3 cm³/mol. The molecule has 0 spiro atoms. The maximum atomic E-state index is 13.1. The van der Waals surface area contributed by atoms with Crippen LogP contribution in [0.25, 0.3) is 21.3 Å². The van der Waals surface area contributed by atoms with Crippen LogP contribution < -0.4 is 5.56 Å². The first-order chi connectivity index (χ1) is 11.1. The molecule has 0 saturated heterocycles. The van der Waals surface area contributed by atoms with Crippen molar-refractivity contribution in [3.8, 4) is 11.1 Å². The minimum atomic E-state index is -0.0742. The maximum Gasteiger partial charge on any atom is 0.282 e. The highest BCUT2D eigenvalue weighted by atomic mass is 35.5. The average Bonchev–Trinajstić information content (AvgIpc) is 3.18. The third kappa shape index (κ3) is 2.29. The second-order valence-electron chi connectivity index (χ2n) is 5.18. The van der Waals surface area contributed by atoms with Crippen LogP contribution in [0.15, 0.2) is 59.0 Å². The van der Waals surface area contributed by atoms with Crippen LogP contribution in [0.2, 0.25) is 5.02 Å². The molecule has 23 heavy (non-hydrogen) atoms. The van der Waals surface area contributed by atoms with E-state index in [4.69, 9.17) is 11.6 Å². The predicted octanol–water partition coefficient (Wildman–Crippen LogP) is 4.20. The Morgan fingerprint density at radius 3 is 2.52 bits per heavy atom. The molecule has 0 N–H and O–H groups in total. The zero-order valence-corrected chi connectivity index (χ0v) is 13.8. The molecule has 3 aromatic heterocycles. The quantitative estimate of drug-likeness (QED) is 0.548. The number of hydrogen-bond acceptors (Lipinski definition) is 3. The van der Waals surface area contributed by atoms with E-state index in [9.17, 15) is 4.79 Å². The van der Waals surface area contributed by atoms with E-state index in [-0.39, 0.29) is 5.56 Å². The maximum absolute atomic E-state index is 13.1. The Hall–Kier alpha value is -2.37. The largest absolute Gasteiger partial charge is 0.282 e. The van der Waals surface area contributed by atoms with Gasteiger partial charge in [0.2, 0.25) is 0 Å². The summed E-state index contributed by atoms with van der Waals surface area (Å²) in [4.78, 5) is 18.4. The summed E-state index contributed by atoms with van der Waals surface area (Å²) in [5.74, 6) is 0.656. The fourth-order valence-electron chi connectivity index (χ4n) is 2.66. The number of hydrogen-bond donors (Lipinski definition) is 0. The van der Waals surface area contributed by atoms with Crippen molar-refractivity contribution in [2.75, 3.05) is 0 Å². The summed E-state index contributed by atoms with van der Waals surface area (Å²) in [7, 11) is 0. The number of halogens is 1. The van der Waals surface area contributed by atoms with E-state index in [0.29, 0.717) is 16.2 Å². The van der Waals surface area contributed by atoms with Gasteiger partial charge in [-0.15, -0.1) is 11.3 Å². The molecule has 114 valence electrons. The molecule has 6 heteroatoms. The van der Waals surface area contributed by atoms with E-state index in [1.165, 1.54) is 11.3 Å². The number of rotatable bonds is 2. The molecule has 0 radical (unpaired) electrons. The molecule has 0 aliphatic heterocycles. The molecule has 0 saturated carbocycles. The van der Waals surface area contributed by atoms with Gasteiger partial charge in [-0.2, -0.15) is 4.68 Å². The van der Waals surface area contributed by atoms with Gasteiger partial charge in [0.1, 0.15) is 10.7 Å². The van der Waals surface area contributed by atoms with Gasteiger partial charge in [-0.1, -0.05) is 23.7 Å². The summed E-state index contributed by atoms with van der Waals surface area (Å²) in [5.41, 5.74) is 1.78. The number of aromatic nitrogens is 3. The SMILES string of the molecule is Cc1nc2scc(-c3ccc(Cl)cc3)c2c(=O)n1-n1cccc1. The highest BCUT2D eigenvalue weighted by molar-refractivity contribution is 7.17. The van der Waals surface area contributed by atoms with Crippen LogP contribution in [0.3, 0.4) is 0 Å². The van der Waals surface area contributed by atoms with Gasteiger partial charge in [0.15, 0.2) is 0 Å². The van der Waals surface area contributed by atoms with Crippen molar-refractivity contribution >= 4 is 33.2 Å². The third-order valence-corrected chi connectivity index (χ3v) is 4.85. The van der Waals surface area contributed by atoms with Crippen molar-refractivity contribution in [3.63, 3.8) is 0 Å². The Balaban J connectivity index is 2.04. The first kappa shape index (κ1) is 14.2. The lowest BCUT2D eigenvalue weighted by Crippen LogP contribution is -2.28. The lowest BCUT2D eigenvalue weighted by Gasteiger charge is -2.10. The molecule has 0 atom stereocenters. The van der Waals surface area contributed by atoms with Crippen molar-refractivity contribution in [3.05, 3.63) is 75.4 Å². The fraction of sp³-hybridized carbons (Fsp3) is 0.0588. The van der Waals surface area contributed by atoms with E-state index >= 15 is 0 Å². The minimum Gasteiger partial charge on any atom is -0.267 e. The third-order valence-electron chi connectivity index (χ3n) is 3.72. The van der Waals surface area contributed by atoms with E-state index in [1.54, 1.807) is 9.35 Å². The summed E-state index contributed by atoms with van der Waals surface area (Å²) >= 11 is 7.44. The minimum absolute atomic E-state index is 0.0742. The van der Waals surface area contributed by atoms with Crippen molar-refractivity contribution in [1.29, 1.82) is 0 Å². The average molecular weight is 342 g/mol. The summed E-state index contributed by atoms with van der Waals surface area (Å²) in [6.45, 7) is 1.84. The van der Waals surface area contributed by atoms with Gasteiger partial charge in [-0.3, -0.25) is 9.47 Å². The van der Waals surface area contributed by atoms with Crippen molar-refractivity contribution in [2.45, 2.75) is 6.92 Å². The normalized spacial score (nSPS) is 11.2. The number of thiophene rings is 1. The molecule has 4 nitrogen and oxygen atoms in total. The number of fused-ring (bicyclic) bond motifs is 1. The van der Waals surface area contributed by atoms with Crippen LogP contribution in [0.1, 0.15) is 5.82 Å². The lowest BCUT2D eigenvalue weighted by molar-refractivity contribution is 0.603. The molecular formula is C17H12ClN3OS. The molecule has 0 amide bonds. The molecule has 0 unspecified atom stereocenters. The topological polar surface area (TPSA) is 39.8 Å².